The fourth-order valence-electron chi connectivity index (χ4n) is 2.85. The van der Waals surface area contributed by atoms with Crippen LogP contribution >= 0.6 is 0 Å². The molecule has 2 nitrogen and oxygen atoms in total. The van der Waals surface area contributed by atoms with E-state index in [1.54, 1.807) is 0 Å². The smallest absolute Gasteiger partial charge is 0.127 e. The first kappa shape index (κ1) is 14.2. The maximum Gasteiger partial charge on any atom is 0.127 e. The molecule has 2 aromatic carbocycles. The van der Waals surface area contributed by atoms with Gasteiger partial charge in [0.05, 0.1) is 12.2 Å². The third-order valence-electron chi connectivity index (χ3n) is 4.15. The van der Waals surface area contributed by atoms with Gasteiger partial charge in [0, 0.05) is 0 Å². The third-order valence-corrected chi connectivity index (χ3v) is 4.15. The number of aryl methyl sites for hydroxylation is 1. The Morgan fingerprint density at radius 3 is 2.43 bits per heavy atom. The van der Waals surface area contributed by atoms with Gasteiger partial charge in [-0.05, 0) is 61.6 Å². The number of ether oxygens (including phenoxy) is 2. The molecule has 0 N–H and O–H groups in total. The van der Waals surface area contributed by atoms with Crippen LogP contribution in [0.2, 0.25) is 0 Å². The number of hydrogen-bond donors (Lipinski definition) is 0. The van der Waals surface area contributed by atoms with Crippen molar-refractivity contribution in [3.63, 3.8) is 0 Å². The van der Waals surface area contributed by atoms with Crippen LogP contribution in [-0.2, 0) is 11.2 Å². The summed E-state index contributed by atoms with van der Waals surface area (Å²) in [6, 6.07) is 16.2. The molecule has 3 atom stereocenters. The molecule has 0 radical (unpaired) electrons. The highest BCUT2D eigenvalue weighted by atomic mass is 16.6. The fourth-order valence-corrected chi connectivity index (χ4v) is 2.85. The van der Waals surface area contributed by atoms with Crippen molar-refractivity contribution in [3.8, 4) is 11.5 Å². The molecule has 0 saturated carbocycles. The first-order valence-electron chi connectivity index (χ1n) is 7.61. The summed E-state index contributed by atoms with van der Waals surface area (Å²) in [4.78, 5) is 0. The topological polar surface area (TPSA) is 21.8 Å². The van der Waals surface area contributed by atoms with Crippen molar-refractivity contribution in [2.75, 3.05) is 0 Å². The van der Waals surface area contributed by atoms with Crippen LogP contribution in [0.1, 0.15) is 25.0 Å². The van der Waals surface area contributed by atoms with Gasteiger partial charge in [0.25, 0.3) is 0 Å². The van der Waals surface area contributed by atoms with Gasteiger partial charge < -0.3 is 9.47 Å². The molecule has 110 valence electrons. The summed E-state index contributed by atoms with van der Waals surface area (Å²) >= 11 is 0. The summed E-state index contributed by atoms with van der Waals surface area (Å²) in [6.45, 7) is 6.56. The van der Waals surface area contributed by atoms with E-state index in [9.17, 15) is 0 Å². The van der Waals surface area contributed by atoms with Crippen LogP contribution in [0.4, 0.5) is 0 Å². The van der Waals surface area contributed by atoms with Crippen molar-refractivity contribution in [3.05, 3.63) is 59.7 Å². The monoisotopic (exact) mass is 282 g/mol. The van der Waals surface area contributed by atoms with Gasteiger partial charge in [-0.3, -0.25) is 0 Å². The minimum atomic E-state index is 0.431. The molecule has 0 aliphatic carbocycles. The molecule has 21 heavy (non-hydrogen) atoms. The Kier molecular flexibility index (Phi) is 3.98. The predicted octanol–water partition coefficient (Wildman–Crippen LogP) is 4.75. The van der Waals surface area contributed by atoms with Crippen molar-refractivity contribution in [2.45, 2.75) is 39.4 Å². The molecule has 2 heteroatoms. The second-order valence-electron chi connectivity index (χ2n) is 5.99. The Bertz CT molecular complexity index is 606. The third kappa shape index (κ3) is 3.45. The zero-order chi connectivity index (χ0) is 14.8. The number of para-hydroxylation sites is 1. The molecule has 3 unspecified atom stereocenters. The van der Waals surface area contributed by atoms with E-state index >= 15 is 0 Å². The summed E-state index contributed by atoms with van der Waals surface area (Å²) < 4.78 is 11.4. The Morgan fingerprint density at radius 2 is 1.81 bits per heavy atom. The van der Waals surface area contributed by atoms with E-state index in [1.807, 2.05) is 30.3 Å². The molecule has 0 aromatic heterocycles. The highest BCUT2D eigenvalue weighted by molar-refractivity contribution is 5.38. The van der Waals surface area contributed by atoms with Crippen molar-refractivity contribution in [1.82, 2.24) is 0 Å². The van der Waals surface area contributed by atoms with Crippen molar-refractivity contribution in [2.24, 2.45) is 5.92 Å². The zero-order valence-electron chi connectivity index (χ0n) is 12.9. The van der Waals surface area contributed by atoms with Crippen molar-refractivity contribution < 1.29 is 9.47 Å². The Morgan fingerprint density at radius 1 is 1.10 bits per heavy atom. The minimum absolute atomic E-state index is 0.431. The zero-order valence-corrected chi connectivity index (χ0v) is 12.9. The quantitative estimate of drug-likeness (QED) is 0.738. The lowest BCUT2D eigenvalue weighted by Crippen LogP contribution is -2.09. The minimum Gasteiger partial charge on any atom is -0.457 e. The highest BCUT2D eigenvalue weighted by Gasteiger charge is 2.38. The van der Waals surface area contributed by atoms with Crippen LogP contribution < -0.4 is 4.74 Å². The van der Waals surface area contributed by atoms with Gasteiger partial charge in [0.2, 0.25) is 0 Å². The lowest BCUT2D eigenvalue weighted by atomic mass is 9.94. The second kappa shape index (κ2) is 5.90. The van der Waals surface area contributed by atoms with E-state index in [1.165, 1.54) is 11.1 Å². The Balaban J connectivity index is 1.68. The van der Waals surface area contributed by atoms with E-state index in [2.05, 4.69) is 39.0 Å². The SMILES string of the molecule is Cc1cc(Oc2ccccc2)ccc1CC(C)C1OC1C. The number of epoxide rings is 1. The van der Waals surface area contributed by atoms with Crippen molar-refractivity contribution in [1.29, 1.82) is 0 Å². The van der Waals surface area contributed by atoms with Gasteiger partial charge >= 0.3 is 0 Å². The summed E-state index contributed by atoms with van der Waals surface area (Å²) in [5, 5.41) is 0. The molecular formula is C19H22O2. The summed E-state index contributed by atoms with van der Waals surface area (Å²) in [5.41, 5.74) is 2.66. The number of rotatable bonds is 5. The van der Waals surface area contributed by atoms with Gasteiger partial charge in [0.15, 0.2) is 0 Å². The standard InChI is InChI=1S/C19H22O2/c1-13-12-18(21-17-7-5-4-6-8-17)10-9-16(13)11-14(2)19-15(3)20-19/h4-10,12,14-15,19H,11H2,1-3H3. The maximum absolute atomic E-state index is 5.87. The molecular weight excluding hydrogens is 260 g/mol. The molecule has 0 bridgehead atoms. The fraction of sp³-hybridized carbons (Fsp3) is 0.368. The van der Waals surface area contributed by atoms with Gasteiger partial charge in [-0.1, -0.05) is 31.2 Å². The summed E-state index contributed by atoms with van der Waals surface area (Å²) in [6.07, 6.45) is 1.93. The summed E-state index contributed by atoms with van der Waals surface area (Å²) in [7, 11) is 0. The molecule has 1 heterocycles. The van der Waals surface area contributed by atoms with Gasteiger partial charge in [0.1, 0.15) is 11.5 Å². The molecule has 1 fully saturated rings. The van der Waals surface area contributed by atoms with Crippen molar-refractivity contribution >= 4 is 0 Å². The average Bonchev–Trinajstić information content (AvgIpc) is 3.20. The second-order valence-corrected chi connectivity index (χ2v) is 5.99. The number of benzene rings is 2. The van der Waals surface area contributed by atoms with Crippen LogP contribution in [0, 0.1) is 12.8 Å². The molecule has 0 amide bonds. The highest BCUT2D eigenvalue weighted by Crippen LogP contribution is 2.32. The molecule has 3 rings (SSSR count). The van der Waals surface area contributed by atoms with E-state index in [0.29, 0.717) is 18.1 Å². The van der Waals surface area contributed by atoms with E-state index in [0.717, 1.165) is 17.9 Å². The first-order chi connectivity index (χ1) is 10.1. The van der Waals surface area contributed by atoms with Crippen LogP contribution in [-0.4, -0.2) is 12.2 Å². The molecule has 0 spiro atoms. The number of hydrogen-bond acceptors (Lipinski definition) is 2. The van der Waals surface area contributed by atoms with Crippen LogP contribution in [0.15, 0.2) is 48.5 Å². The first-order valence-corrected chi connectivity index (χ1v) is 7.61. The van der Waals surface area contributed by atoms with E-state index in [-0.39, 0.29) is 0 Å². The van der Waals surface area contributed by atoms with Gasteiger partial charge in [-0.15, -0.1) is 0 Å². The molecule has 1 saturated heterocycles. The molecule has 1 aliphatic heterocycles. The largest absolute Gasteiger partial charge is 0.457 e. The average molecular weight is 282 g/mol. The molecule has 2 aromatic rings. The summed E-state index contributed by atoms with van der Waals surface area (Å²) in [5.74, 6) is 2.34. The normalized spacial score (nSPS) is 21.9. The lowest BCUT2D eigenvalue weighted by molar-refractivity contribution is 0.328. The maximum atomic E-state index is 5.87. The predicted molar refractivity (Wildman–Crippen MR) is 84.9 cm³/mol. The molecule has 1 aliphatic rings. The lowest BCUT2D eigenvalue weighted by Gasteiger charge is -2.13. The van der Waals surface area contributed by atoms with Crippen LogP contribution in [0.25, 0.3) is 0 Å². The Labute approximate surface area is 126 Å². The Hall–Kier alpha value is -1.80. The van der Waals surface area contributed by atoms with Crippen LogP contribution in [0.5, 0.6) is 11.5 Å². The van der Waals surface area contributed by atoms with Crippen LogP contribution in [0.3, 0.4) is 0 Å². The van der Waals surface area contributed by atoms with E-state index in [4.69, 9.17) is 9.47 Å². The van der Waals surface area contributed by atoms with E-state index < -0.39 is 0 Å². The van der Waals surface area contributed by atoms with Gasteiger partial charge in [-0.25, -0.2) is 0 Å². The van der Waals surface area contributed by atoms with Gasteiger partial charge in [-0.2, -0.15) is 0 Å².